The second-order valence-corrected chi connectivity index (χ2v) is 9.99. The van der Waals surface area contributed by atoms with E-state index in [0.717, 1.165) is 35.4 Å². The van der Waals surface area contributed by atoms with Gasteiger partial charge >= 0.3 is 12.1 Å². The van der Waals surface area contributed by atoms with Gasteiger partial charge in [0, 0.05) is 30.4 Å². The maximum Gasteiger partial charge on any atom is 0.330 e. The van der Waals surface area contributed by atoms with E-state index >= 15 is 0 Å². The van der Waals surface area contributed by atoms with Gasteiger partial charge < -0.3 is 21.1 Å². The van der Waals surface area contributed by atoms with Crippen LogP contribution in [0.1, 0.15) is 42.9 Å². The molecule has 1 fully saturated rings. The van der Waals surface area contributed by atoms with E-state index in [4.69, 9.17) is 4.89 Å². The summed E-state index contributed by atoms with van der Waals surface area (Å²) < 4.78 is 27.9. The van der Waals surface area contributed by atoms with Crippen molar-refractivity contribution in [2.45, 2.75) is 43.2 Å². The summed E-state index contributed by atoms with van der Waals surface area (Å²) in [6, 6.07) is 12.7. The Morgan fingerprint density at radius 2 is 1.90 bits per heavy atom. The first-order valence-corrected chi connectivity index (χ1v) is 13.3. The summed E-state index contributed by atoms with van der Waals surface area (Å²) in [7, 11) is 1.26. The van der Waals surface area contributed by atoms with Crippen LogP contribution in [0.2, 0.25) is 0 Å². The van der Waals surface area contributed by atoms with Crippen LogP contribution in [0, 0.1) is 23.0 Å². The maximum atomic E-state index is 14.2. The first-order valence-electron chi connectivity index (χ1n) is 13.3. The molecule has 0 radical (unpaired) electrons. The highest BCUT2D eigenvalue weighted by Gasteiger charge is 2.40. The summed E-state index contributed by atoms with van der Waals surface area (Å²) in [4.78, 5) is 36.7. The van der Waals surface area contributed by atoms with Crippen LogP contribution in [0.3, 0.4) is 0 Å². The predicted molar refractivity (Wildman–Crippen MR) is 144 cm³/mol. The van der Waals surface area contributed by atoms with Gasteiger partial charge in [0.1, 0.15) is 6.61 Å². The van der Waals surface area contributed by atoms with E-state index in [9.17, 15) is 28.7 Å². The number of benzene rings is 2. The Labute approximate surface area is 236 Å². The number of nitriles is 1. The molecule has 0 aromatic heterocycles. The fourth-order valence-corrected chi connectivity index (χ4v) is 5.45. The molecule has 4 amide bonds. The molecule has 1 atom stereocenters. The summed E-state index contributed by atoms with van der Waals surface area (Å²) in [6.45, 7) is -0.279. The molecular formula is C29H33F2N5O5. The standard InChI is InChI=1S/C29H33F2N5O5/c1-40-41-17-22-25(16-37)35-28(39)36(26(22)19-7-8-23(30)24(31)15-19)27(38)34-14-13-33-21-9-11-29(18-32,12-10-21)20-5-3-2-4-6-20/h2-8,15,21,26,33,37H,9-14,16-17H2,1H3,(H,34,38)(H,35,39). The van der Waals surface area contributed by atoms with Gasteiger partial charge in [-0.2, -0.15) is 5.26 Å². The Bertz CT molecular complexity index is 1310. The maximum absolute atomic E-state index is 14.2. The minimum atomic E-state index is -1.19. The second-order valence-electron chi connectivity index (χ2n) is 9.99. The van der Waals surface area contributed by atoms with Crippen molar-refractivity contribution in [3.05, 3.63) is 82.6 Å². The number of imide groups is 1. The molecule has 218 valence electrons. The molecular weight excluding hydrogens is 536 g/mol. The average Bonchev–Trinajstić information content (AvgIpc) is 3.00. The van der Waals surface area contributed by atoms with Crippen molar-refractivity contribution in [2.24, 2.45) is 0 Å². The zero-order chi connectivity index (χ0) is 29.4. The number of hydrogen-bond donors (Lipinski definition) is 4. The number of amides is 4. The van der Waals surface area contributed by atoms with Gasteiger partial charge in [-0.3, -0.25) is 0 Å². The molecule has 2 aromatic rings. The number of aliphatic hydroxyl groups is 1. The van der Waals surface area contributed by atoms with E-state index in [1.54, 1.807) is 0 Å². The summed E-state index contributed by atoms with van der Waals surface area (Å²) in [5.74, 6) is -2.24. The molecule has 1 aliphatic heterocycles. The minimum absolute atomic E-state index is 0.0637. The molecule has 2 aromatic carbocycles. The van der Waals surface area contributed by atoms with E-state index in [1.165, 1.54) is 13.2 Å². The fraction of sp³-hybridized carbons (Fsp3) is 0.414. The first-order chi connectivity index (χ1) is 19.8. The quantitative estimate of drug-likeness (QED) is 0.195. The lowest BCUT2D eigenvalue weighted by Crippen LogP contribution is -2.55. The van der Waals surface area contributed by atoms with Gasteiger partial charge in [-0.1, -0.05) is 36.4 Å². The molecule has 4 N–H and O–H groups in total. The number of halogens is 2. The average molecular weight is 570 g/mol. The molecule has 2 aliphatic rings. The van der Waals surface area contributed by atoms with Crippen LogP contribution in [0.25, 0.3) is 0 Å². The molecule has 0 saturated heterocycles. The number of carbonyl (C=O) groups excluding carboxylic acids is 2. The third-order valence-corrected chi connectivity index (χ3v) is 7.63. The van der Waals surface area contributed by atoms with Crippen molar-refractivity contribution in [1.29, 1.82) is 5.26 Å². The van der Waals surface area contributed by atoms with Gasteiger partial charge in [0.05, 0.1) is 31.2 Å². The Balaban J connectivity index is 1.40. The van der Waals surface area contributed by atoms with Gasteiger partial charge in [0.2, 0.25) is 0 Å². The van der Waals surface area contributed by atoms with Crippen molar-refractivity contribution in [1.82, 2.24) is 20.9 Å². The van der Waals surface area contributed by atoms with E-state index < -0.39 is 41.8 Å². The van der Waals surface area contributed by atoms with Crippen LogP contribution in [0.4, 0.5) is 18.4 Å². The predicted octanol–water partition coefficient (Wildman–Crippen LogP) is 3.56. The largest absolute Gasteiger partial charge is 0.390 e. The zero-order valence-corrected chi connectivity index (χ0v) is 22.7. The van der Waals surface area contributed by atoms with Gasteiger partial charge in [0.25, 0.3) is 0 Å². The molecule has 10 nitrogen and oxygen atoms in total. The number of hydrogen-bond acceptors (Lipinski definition) is 7. The van der Waals surface area contributed by atoms with E-state index in [-0.39, 0.29) is 36.0 Å². The Morgan fingerprint density at radius 1 is 1.17 bits per heavy atom. The molecule has 1 unspecified atom stereocenters. The fourth-order valence-electron chi connectivity index (χ4n) is 5.45. The number of nitrogens with zero attached hydrogens (tertiary/aromatic N) is 2. The summed E-state index contributed by atoms with van der Waals surface area (Å²) in [5, 5.41) is 28.3. The number of carbonyl (C=O) groups is 2. The van der Waals surface area contributed by atoms with Gasteiger partial charge in [0.15, 0.2) is 11.6 Å². The van der Waals surface area contributed by atoms with Crippen molar-refractivity contribution in [2.75, 3.05) is 33.4 Å². The van der Waals surface area contributed by atoms with Crippen molar-refractivity contribution >= 4 is 12.1 Å². The summed E-state index contributed by atoms with van der Waals surface area (Å²) in [6.07, 6.45) is 3.02. The lowest BCUT2D eigenvalue weighted by Gasteiger charge is -2.37. The first kappa shape index (κ1) is 30.1. The smallest absolute Gasteiger partial charge is 0.330 e. The summed E-state index contributed by atoms with van der Waals surface area (Å²) >= 11 is 0. The van der Waals surface area contributed by atoms with Crippen LogP contribution in [0.5, 0.6) is 0 Å². The number of nitrogens with one attached hydrogen (secondary N) is 3. The highest BCUT2D eigenvalue weighted by Crippen LogP contribution is 2.39. The lowest BCUT2D eigenvalue weighted by molar-refractivity contribution is -0.266. The van der Waals surface area contributed by atoms with Crippen LogP contribution in [-0.4, -0.2) is 61.5 Å². The minimum Gasteiger partial charge on any atom is -0.390 e. The molecule has 1 aliphatic carbocycles. The molecule has 41 heavy (non-hydrogen) atoms. The number of aliphatic hydroxyl groups excluding tert-OH is 1. The van der Waals surface area contributed by atoms with Crippen molar-refractivity contribution < 1.29 is 33.3 Å². The Morgan fingerprint density at radius 3 is 2.54 bits per heavy atom. The third-order valence-electron chi connectivity index (χ3n) is 7.63. The second kappa shape index (κ2) is 13.6. The topological polar surface area (TPSA) is 136 Å². The Kier molecular flexibility index (Phi) is 10.0. The monoisotopic (exact) mass is 569 g/mol. The van der Waals surface area contributed by atoms with E-state index in [2.05, 4.69) is 26.9 Å². The molecule has 1 heterocycles. The number of rotatable bonds is 10. The van der Waals surface area contributed by atoms with Gasteiger partial charge in [-0.05, 0) is 48.9 Å². The highest BCUT2D eigenvalue weighted by molar-refractivity contribution is 5.96. The lowest BCUT2D eigenvalue weighted by atomic mass is 9.69. The third kappa shape index (κ3) is 6.71. The SMILES string of the molecule is COOCC1=C(CO)NC(=O)N(C(=O)NCCNC2CCC(C#N)(c3ccccc3)CC2)C1c1ccc(F)c(F)c1. The molecule has 4 rings (SSSR count). The van der Waals surface area contributed by atoms with Crippen molar-refractivity contribution in [3.63, 3.8) is 0 Å². The van der Waals surface area contributed by atoms with Crippen LogP contribution >= 0.6 is 0 Å². The van der Waals surface area contributed by atoms with E-state index in [1.807, 2.05) is 30.3 Å². The van der Waals surface area contributed by atoms with Crippen LogP contribution in [0.15, 0.2) is 59.8 Å². The molecule has 0 spiro atoms. The molecule has 12 heteroatoms. The molecule has 0 bridgehead atoms. The van der Waals surface area contributed by atoms with Crippen LogP contribution in [-0.2, 0) is 15.2 Å². The normalized spacial score (nSPS) is 22.7. The number of urea groups is 2. The Hall–Kier alpha value is -3.89. The van der Waals surface area contributed by atoms with Gasteiger partial charge in [-0.25, -0.2) is 33.0 Å². The zero-order valence-electron chi connectivity index (χ0n) is 22.7. The molecule has 1 saturated carbocycles. The summed E-state index contributed by atoms with van der Waals surface area (Å²) in [5.41, 5.74) is 0.921. The van der Waals surface area contributed by atoms with Crippen LogP contribution < -0.4 is 16.0 Å². The van der Waals surface area contributed by atoms with Gasteiger partial charge in [-0.15, -0.1) is 0 Å². The van der Waals surface area contributed by atoms with Crippen molar-refractivity contribution in [3.8, 4) is 6.07 Å². The van der Waals surface area contributed by atoms with E-state index in [0.29, 0.717) is 19.4 Å². The highest BCUT2D eigenvalue weighted by atomic mass is 19.2.